The van der Waals surface area contributed by atoms with Crippen molar-refractivity contribution < 1.29 is 19.0 Å². The van der Waals surface area contributed by atoms with Crippen LogP contribution in [0.2, 0.25) is 0 Å². The van der Waals surface area contributed by atoms with Crippen LogP contribution in [0.3, 0.4) is 0 Å². The summed E-state index contributed by atoms with van der Waals surface area (Å²) < 4.78 is 17.1. The number of hydrogen-bond acceptors (Lipinski definition) is 5. The fourth-order valence-electron chi connectivity index (χ4n) is 3.65. The smallest absolute Gasteiger partial charge is 0.261 e. The van der Waals surface area contributed by atoms with Crippen molar-refractivity contribution in [3.8, 4) is 23.3 Å². The molecule has 0 aromatic heterocycles. The lowest BCUT2D eigenvalue weighted by molar-refractivity contribution is -0.134. The van der Waals surface area contributed by atoms with Gasteiger partial charge >= 0.3 is 0 Å². The predicted molar refractivity (Wildman–Crippen MR) is 102 cm³/mol. The third kappa shape index (κ3) is 3.89. The first kappa shape index (κ1) is 18.2. The van der Waals surface area contributed by atoms with Crippen LogP contribution in [-0.4, -0.2) is 37.2 Å². The summed E-state index contributed by atoms with van der Waals surface area (Å²) in [6.07, 6.45) is 2.74. The Hall–Kier alpha value is -3.20. The molecule has 0 aliphatic carbocycles. The second-order valence-electron chi connectivity index (χ2n) is 6.93. The third-order valence-corrected chi connectivity index (χ3v) is 5.08. The van der Waals surface area contributed by atoms with Crippen LogP contribution in [0, 0.1) is 11.3 Å². The van der Waals surface area contributed by atoms with Gasteiger partial charge in [0.2, 0.25) is 0 Å². The molecule has 2 aromatic carbocycles. The summed E-state index contributed by atoms with van der Waals surface area (Å²) in [5.41, 5.74) is 1.63. The fourth-order valence-corrected chi connectivity index (χ4v) is 3.65. The van der Waals surface area contributed by atoms with E-state index >= 15 is 0 Å². The van der Waals surface area contributed by atoms with Gasteiger partial charge in [-0.2, -0.15) is 5.26 Å². The molecule has 6 nitrogen and oxygen atoms in total. The molecule has 0 saturated carbocycles. The number of carbonyl (C=O) groups excluding carboxylic acids is 1. The Morgan fingerprint density at radius 3 is 2.68 bits per heavy atom. The molecule has 144 valence electrons. The molecule has 2 aromatic rings. The summed E-state index contributed by atoms with van der Waals surface area (Å²) in [6.45, 7) is 2.00. The number of carbonyl (C=O) groups is 1. The van der Waals surface area contributed by atoms with Gasteiger partial charge in [0, 0.05) is 13.0 Å². The van der Waals surface area contributed by atoms with E-state index in [0.29, 0.717) is 31.1 Å². The summed E-state index contributed by atoms with van der Waals surface area (Å²) in [5.74, 6) is 2.06. The van der Waals surface area contributed by atoms with Gasteiger partial charge in [-0.25, -0.2) is 0 Å². The summed E-state index contributed by atoms with van der Waals surface area (Å²) >= 11 is 0. The average molecular weight is 378 g/mol. The Morgan fingerprint density at radius 1 is 1.11 bits per heavy atom. The van der Waals surface area contributed by atoms with Crippen LogP contribution < -0.4 is 14.2 Å². The lowest BCUT2D eigenvalue weighted by atomic mass is 10.0. The third-order valence-electron chi connectivity index (χ3n) is 5.08. The molecule has 0 unspecified atom stereocenters. The minimum absolute atomic E-state index is 0.0209. The van der Waals surface area contributed by atoms with Gasteiger partial charge in [-0.15, -0.1) is 0 Å². The lowest BCUT2D eigenvalue weighted by Crippen LogP contribution is -2.34. The molecule has 2 heterocycles. The molecule has 6 heteroatoms. The number of ether oxygens (including phenoxy) is 3. The van der Waals surface area contributed by atoms with Gasteiger partial charge in [0.05, 0.1) is 30.9 Å². The Balaban J connectivity index is 1.43. The first-order valence-electron chi connectivity index (χ1n) is 9.56. The number of nitriles is 1. The van der Waals surface area contributed by atoms with Gasteiger partial charge in [0.1, 0.15) is 5.75 Å². The molecule has 2 aliphatic rings. The number of rotatable bonds is 4. The van der Waals surface area contributed by atoms with E-state index in [9.17, 15) is 4.79 Å². The average Bonchev–Trinajstić information content (AvgIpc) is 3.11. The summed E-state index contributed by atoms with van der Waals surface area (Å²) in [4.78, 5) is 14.6. The van der Waals surface area contributed by atoms with Crippen molar-refractivity contribution in [2.75, 3.05) is 26.4 Å². The van der Waals surface area contributed by atoms with E-state index in [1.807, 2.05) is 23.1 Å². The first-order valence-corrected chi connectivity index (χ1v) is 9.56. The minimum atomic E-state index is -0.0426. The van der Waals surface area contributed by atoms with Gasteiger partial charge in [-0.1, -0.05) is 6.07 Å². The van der Waals surface area contributed by atoms with Crippen molar-refractivity contribution >= 4 is 5.91 Å². The van der Waals surface area contributed by atoms with E-state index in [2.05, 4.69) is 6.07 Å². The van der Waals surface area contributed by atoms with Crippen LogP contribution in [0.15, 0.2) is 42.5 Å². The SMILES string of the molecule is N#Cc1ccc(OCC(=O)N2CCC[C@H]2c2ccc3c(c2)OCCCO3)cc1. The lowest BCUT2D eigenvalue weighted by Gasteiger charge is -2.25. The largest absolute Gasteiger partial charge is 0.490 e. The molecule has 1 saturated heterocycles. The minimum Gasteiger partial charge on any atom is -0.490 e. The molecule has 1 atom stereocenters. The number of amides is 1. The van der Waals surface area contributed by atoms with Crippen molar-refractivity contribution in [2.24, 2.45) is 0 Å². The van der Waals surface area contributed by atoms with E-state index in [1.54, 1.807) is 24.3 Å². The maximum Gasteiger partial charge on any atom is 0.261 e. The molecule has 0 bridgehead atoms. The number of nitrogens with zero attached hydrogens (tertiary/aromatic N) is 2. The molecule has 1 fully saturated rings. The number of fused-ring (bicyclic) bond motifs is 1. The summed E-state index contributed by atoms with van der Waals surface area (Å²) in [5, 5.41) is 8.85. The van der Waals surface area contributed by atoms with E-state index < -0.39 is 0 Å². The van der Waals surface area contributed by atoms with Crippen molar-refractivity contribution in [1.29, 1.82) is 5.26 Å². The standard InChI is InChI=1S/C22H22N2O4/c23-14-16-4-7-18(8-5-16)28-15-22(25)24-10-1-3-19(24)17-6-9-20-21(13-17)27-12-2-11-26-20/h4-9,13,19H,1-3,10-12,15H2/t19-/m0/s1. The highest BCUT2D eigenvalue weighted by atomic mass is 16.5. The Morgan fingerprint density at radius 2 is 1.89 bits per heavy atom. The van der Waals surface area contributed by atoms with Crippen LogP contribution in [0.1, 0.15) is 36.4 Å². The number of benzene rings is 2. The van der Waals surface area contributed by atoms with Gasteiger partial charge in [-0.05, 0) is 54.8 Å². The monoisotopic (exact) mass is 378 g/mol. The van der Waals surface area contributed by atoms with Crippen LogP contribution >= 0.6 is 0 Å². The van der Waals surface area contributed by atoms with Crippen molar-refractivity contribution in [2.45, 2.75) is 25.3 Å². The normalized spacial score (nSPS) is 18.2. The Bertz CT molecular complexity index is 888. The summed E-state index contributed by atoms with van der Waals surface area (Å²) in [6, 6.07) is 14.8. The van der Waals surface area contributed by atoms with Crippen LogP contribution in [0.5, 0.6) is 17.2 Å². The van der Waals surface area contributed by atoms with Gasteiger partial charge < -0.3 is 19.1 Å². The molecular formula is C22H22N2O4. The van der Waals surface area contributed by atoms with E-state index in [0.717, 1.165) is 36.3 Å². The predicted octanol–water partition coefficient (Wildman–Crippen LogP) is 3.46. The zero-order valence-electron chi connectivity index (χ0n) is 15.6. The molecule has 0 spiro atoms. The van der Waals surface area contributed by atoms with Crippen LogP contribution in [0.4, 0.5) is 0 Å². The summed E-state index contributed by atoms with van der Waals surface area (Å²) in [7, 11) is 0. The zero-order valence-corrected chi connectivity index (χ0v) is 15.6. The first-order chi connectivity index (χ1) is 13.7. The molecule has 28 heavy (non-hydrogen) atoms. The quantitative estimate of drug-likeness (QED) is 0.815. The van der Waals surface area contributed by atoms with Gasteiger partial charge in [0.15, 0.2) is 18.1 Å². The second kappa shape index (κ2) is 8.22. The van der Waals surface area contributed by atoms with Crippen molar-refractivity contribution in [3.63, 3.8) is 0 Å². The van der Waals surface area contributed by atoms with Crippen molar-refractivity contribution in [3.05, 3.63) is 53.6 Å². The van der Waals surface area contributed by atoms with Crippen LogP contribution in [0.25, 0.3) is 0 Å². The highest BCUT2D eigenvalue weighted by molar-refractivity contribution is 5.78. The highest BCUT2D eigenvalue weighted by Gasteiger charge is 2.31. The van der Waals surface area contributed by atoms with E-state index in [-0.39, 0.29) is 18.6 Å². The zero-order chi connectivity index (χ0) is 19.3. The van der Waals surface area contributed by atoms with Crippen molar-refractivity contribution in [1.82, 2.24) is 4.90 Å². The van der Waals surface area contributed by atoms with Gasteiger partial charge in [-0.3, -0.25) is 4.79 Å². The highest BCUT2D eigenvalue weighted by Crippen LogP contribution is 2.37. The Kier molecular flexibility index (Phi) is 5.34. The van der Waals surface area contributed by atoms with Crippen LogP contribution in [-0.2, 0) is 4.79 Å². The maximum absolute atomic E-state index is 12.8. The molecule has 1 amide bonds. The Labute approximate surface area is 164 Å². The molecular weight excluding hydrogens is 356 g/mol. The molecule has 0 N–H and O–H groups in total. The van der Waals surface area contributed by atoms with Gasteiger partial charge in [0.25, 0.3) is 5.91 Å². The molecule has 2 aliphatic heterocycles. The van der Waals surface area contributed by atoms with E-state index in [1.165, 1.54) is 0 Å². The molecule has 0 radical (unpaired) electrons. The second-order valence-corrected chi connectivity index (χ2v) is 6.93. The van der Waals surface area contributed by atoms with E-state index in [4.69, 9.17) is 19.5 Å². The topological polar surface area (TPSA) is 71.8 Å². The number of hydrogen-bond donors (Lipinski definition) is 0. The fraction of sp³-hybridized carbons (Fsp3) is 0.364. The number of likely N-dealkylation sites (tertiary alicyclic amines) is 1. The molecule has 4 rings (SSSR count). The maximum atomic E-state index is 12.8.